The molecule has 0 unspecified atom stereocenters. The Hall–Kier alpha value is -2.78. The number of aryl methyl sites for hydroxylation is 1. The van der Waals surface area contributed by atoms with E-state index >= 15 is 0 Å². The number of para-hydroxylation sites is 2. The average Bonchev–Trinajstić information content (AvgIpc) is 3.03. The molecular weight excluding hydrogens is 371 g/mol. The molecule has 1 aliphatic rings. The van der Waals surface area contributed by atoms with E-state index in [1.54, 1.807) is 0 Å². The number of imidazole rings is 1. The fourth-order valence-electron chi connectivity index (χ4n) is 3.12. The summed E-state index contributed by atoms with van der Waals surface area (Å²) in [7, 11) is -2.69. The fourth-order valence-corrected chi connectivity index (χ4v) is 4.35. The smallest absolute Gasteiger partial charge is 0.246 e. The van der Waals surface area contributed by atoms with Gasteiger partial charge in [-0.2, -0.15) is 4.31 Å². The molecule has 0 aliphatic carbocycles. The molecule has 1 amide bonds. The third-order valence-corrected chi connectivity index (χ3v) is 6.37. The number of amides is 1. The first-order chi connectivity index (χ1) is 12.8. The molecule has 0 saturated heterocycles. The van der Waals surface area contributed by atoms with Crippen LogP contribution in [0.25, 0.3) is 11.0 Å². The topological polar surface area (TPSA) is 95.2 Å². The van der Waals surface area contributed by atoms with E-state index in [1.165, 1.54) is 13.1 Å². The van der Waals surface area contributed by atoms with E-state index in [9.17, 15) is 17.6 Å². The molecule has 0 radical (unpaired) electrons. The molecule has 2 heterocycles. The lowest BCUT2D eigenvalue weighted by Crippen LogP contribution is -2.28. The Morgan fingerprint density at radius 1 is 1.22 bits per heavy atom. The number of carbonyl (C=O) groups is 1. The highest BCUT2D eigenvalue weighted by atomic mass is 32.2. The van der Waals surface area contributed by atoms with Gasteiger partial charge < -0.3 is 10.3 Å². The van der Waals surface area contributed by atoms with E-state index in [2.05, 4.69) is 15.3 Å². The second kappa shape index (κ2) is 6.43. The van der Waals surface area contributed by atoms with E-state index in [-0.39, 0.29) is 18.9 Å². The number of anilines is 1. The van der Waals surface area contributed by atoms with Crippen LogP contribution >= 0.6 is 0 Å². The third kappa shape index (κ3) is 3.19. The number of H-pyrrole nitrogens is 1. The van der Waals surface area contributed by atoms with Gasteiger partial charge in [0.1, 0.15) is 16.5 Å². The molecule has 3 aromatic rings. The molecule has 4 rings (SSSR count). The molecule has 1 aromatic heterocycles. The minimum atomic E-state index is -4.07. The summed E-state index contributed by atoms with van der Waals surface area (Å²) in [6, 6.07) is 9.72. The highest BCUT2D eigenvalue weighted by Crippen LogP contribution is 2.29. The van der Waals surface area contributed by atoms with Gasteiger partial charge in [0, 0.05) is 19.2 Å². The molecule has 2 N–H and O–H groups in total. The zero-order valence-corrected chi connectivity index (χ0v) is 15.3. The van der Waals surface area contributed by atoms with Crippen LogP contribution < -0.4 is 5.32 Å². The Balaban J connectivity index is 1.65. The van der Waals surface area contributed by atoms with Gasteiger partial charge in [0.25, 0.3) is 0 Å². The lowest BCUT2D eigenvalue weighted by Gasteiger charge is -2.21. The lowest BCUT2D eigenvalue weighted by atomic mass is 10.0. The first-order valence-electron chi connectivity index (χ1n) is 8.37. The van der Waals surface area contributed by atoms with Crippen molar-refractivity contribution in [1.82, 2.24) is 14.3 Å². The number of hydrogen-bond acceptors (Lipinski definition) is 4. The standard InChI is InChI=1S/C18H17FN4O3S/c1-23(10-17-20-13-4-2-3-5-14(13)21-17)27(25,26)16-8-11-6-7-18(24)22-15(11)9-12(16)19/h2-5,8-9H,6-7,10H2,1H3,(H,20,21)(H,22,24). The van der Waals surface area contributed by atoms with Crippen LogP contribution in [0.2, 0.25) is 0 Å². The summed E-state index contributed by atoms with van der Waals surface area (Å²) < 4.78 is 41.3. The number of benzene rings is 2. The van der Waals surface area contributed by atoms with Crippen LogP contribution in [0.5, 0.6) is 0 Å². The number of halogens is 1. The van der Waals surface area contributed by atoms with Gasteiger partial charge in [-0.3, -0.25) is 4.79 Å². The van der Waals surface area contributed by atoms with Crippen molar-refractivity contribution in [2.24, 2.45) is 0 Å². The van der Waals surface area contributed by atoms with E-state index < -0.39 is 20.7 Å². The van der Waals surface area contributed by atoms with Gasteiger partial charge in [-0.15, -0.1) is 0 Å². The van der Waals surface area contributed by atoms with Gasteiger partial charge >= 0.3 is 0 Å². The SMILES string of the molecule is CN(Cc1nc2ccccc2[nH]1)S(=O)(=O)c1cc2c(cc1F)NC(=O)CC2. The molecule has 0 bridgehead atoms. The van der Waals surface area contributed by atoms with Crippen LogP contribution in [-0.4, -0.2) is 35.6 Å². The van der Waals surface area contributed by atoms with Crippen molar-refractivity contribution < 1.29 is 17.6 Å². The van der Waals surface area contributed by atoms with E-state index in [4.69, 9.17) is 0 Å². The largest absolute Gasteiger partial charge is 0.341 e. The average molecular weight is 388 g/mol. The first-order valence-corrected chi connectivity index (χ1v) is 9.81. The second-order valence-electron chi connectivity index (χ2n) is 6.45. The van der Waals surface area contributed by atoms with Crippen LogP contribution in [0.15, 0.2) is 41.3 Å². The Bertz CT molecular complexity index is 1120. The molecular formula is C18H17FN4O3S. The third-order valence-electron chi connectivity index (χ3n) is 4.55. The lowest BCUT2D eigenvalue weighted by molar-refractivity contribution is -0.116. The quantitative estimate of drug-likeness (QED) is 0.718. The number of carbonyl (C=O) groups excluding carboxylic acids is 1. The predicted octanol–water partition coefficient (Wildman–Crippen LogP) is 2.41. The normalized spacial score (nSPS) is 14.4. The Morgan fingerprint density at radius 2 is 2.00 bits per heavy atom. The van der Waals surface area contributed by atoms with E-state index in [1.807, 2.05) is 24.3 Å². The zero-order valence-electron chi connectivity index (χ0n) is 14.5. The van der Waals surface area contributed by atoms with Gasteiger partial charge in [-0.1, -0.05) is 12.1 Å². The maximum absolute atomic E-state index is 14.5. The molecule has 0 atom stereocenters. The van der Waals surface area contributed by atoms with Crippen molar-refractivity contribution >= 4 is 32.7 Å². The highest BCUT2D eigenvalue weighted by molar-refractivity contribution is 7.89. The van der Waals surface area contributed by atoms with Crippen molar-refractivity contribution in [3.8, 4) is 0 Å². The van der Waals surface area contributed by atoms with Gasteiger partial charge in [-0.25, -0.2) is 17.8 Å². The number of rotatable bonds is 4. The monoisotopic (exact) mass is 388 g/mol. The highest BCUT2D eigenvalue weighted by Gasteiger charge is 2.28. The summed E-state index contributed by atoms with van der Waals surface area (Å²) in [4.78, 5) is 18.4. The number of aromatic nitrogens is 2. The predicted molar refractivity (Wildman–Crippen MR) is 98.1 cm³/mol. The fraction of sp³-hybridized carbons (Fsp3) is 0.222. The Kier molecular flexibility index (Phi) is 4.20. The molecule has 1 aliphatic heterocycles. The van der Waals surface area contributed by atoms with Gasteiger partial charge in [0.15, 0.2) is 0 Å². The van der Waals surface area contributed by atoms with Crippen molar-refractivity contribution in [2.45, 2.75) is 24.3 Å². The molecule has 9 heteroatoms. The summed E-state index contributed by atoms with van der Waals surface area (Å²) in [6.07, 6.45) is 0.615. The summed E-state index contributed by atoms with van der Waals surface area (Å²) in [5.74, 6) is -0.639. The molecule has 0 fully saturated rings. The first kappa shape index (κ1) is 17.6. The van der Waals surface area contributed by atoms with Crippen molar-refractivity contribution in [3.63, 3.8) is 0 Å². The van der Waals surface area contributed by atoms with Crippen molar-refractivity contribution in [3.05, 3.63) is 53.6 Å². The molecule has 0 spiro atoms. The number of hydrogen-bond donors (Lipinski definition) is 2. The molecule has 140 valence electrons. The number of sulfonamides is 1. The maximum atomic E-state index is 14.5. The number of nitrogens with zero attached hydrogens (tertiary/aromatic N) is 2. The van der Waals surface area contributed by atoms with Crippen LogP contribution in [0.3, 0.4) is 0 Å². The van der Waals surface area contributed by atoms with Gasteiger partial charge in [-0.05, 0) is 36.2 Å². The van der Waals surface area contributed by atoms with Crippen LogP contribution in [0, 0.1) is 5.82 Å². The molecule has 2 aromatic carbocycles. The van der Waals surface area contributed by atoms with Crippen LogP contribution in [0.1, 0.15) is 17.8 Å². The minimum Gasteiger partial charge on any atom is -0.341 e. The molecule has 27 heavy (non-hydrogen) atoms. The molecule has 7 nitrogen and oxygen atoms in total. The van der Waals surface area contributed by atoms with Crippen LogP contribution in [0.4, 0.5) is 10.1 Å². The summed E-state index contributed by atoms with van der Waals surface area (Å²) >= 11 is 0. The summed E-state index contributed by atoms with van der Waals surface area (Å²) in [5, 5.41) is 2.56. The summed E-state index contributed by atoms with van der Waals surface area (Å²) in [5.41, 5.74) is 2.46. The number of aromatic amines is 1. The number of fused-ring (bicyclic) bond motifs is 2. The van der Waals surface area contributed by atoms with E-state index in [0.29, 0.717) is 23.5 Å². The van der Waals surface area contributed by atoms with Crippen LogP contribution in [-0.2, 0) is 27.8 Å². The maximum Gasteiger partial charge on any atom is 0.246 e. The Labute approximate surface area is 155 Å². The minimum absolute atomic E-state index is 0.0235. The van der Waals surface area contributed by atoms with Crippen molar-refractivity contribution in [2.75, 3.05) is 12.4 Å². The second-order valence-corrected chi connectivity index (χ2v) is 8.46. The van der Waals surface area contributed by atoms with Crippen molar-refractivity contribution in [1.29, 1.82) is 0 Å². The zero-order chi connectivity index (χ0) is 19.2. The molecule has 0 saturated carbocycles. The van der Waals surface area contributed by atoms with Gasteiger partial charge in [0.2, 0.25) is 15.9 Å². The summed E-state index contributed by atoms with van der Waals surface area (Å²) in [6.45, 7) is -0.0235. The Morgan fingerprint density at radius 3 is 2.78 bits per heavy atom. The van der Waals surface area contributed by atoms with Gasteiger partial charge in [0.05, 0.1) is 17.6 Å². The van der Waals surface area contributed by atoms with E-state index in [0.717, 1.165) is 21.4 Å². The number of nitrogens with one attached hydrogen (secondary N) is 2.